The van der Waals surface area contributed by atoms with Crippen LogP contribution in [0.15, 0.2) is 4.99 Å². The number of guanidine groups is 1. The highest BCUT2D eigenvalue weighted by Gasteiger charge is 2.08. The lowest BCUT2D eigenvalue weighted by Gasteiger charge is -2.11. The molecule has 2 N–H and O–H groups in total. The second kappa shape index (κ2) is 12.9. The summed E-state index contributed by atoms with van der Waals surface area (Å²) in [6, 6.07) is 0. The molecule has 0 radical (unpaired) electrons. The van der Waals surface area contributed by atoms with Crippen molar-refractivity contribution < 1.29 is 0 Å². The minimum absolute atomic E-state index is 0. The summed E-state index contributed by atoms with van der Waals surface area (Å²) in [5.74, 6) is 2.14. The van der Waals surface area contributed by atoms with Crippen LogP contribution in [-0.4, -0.2) is 47.4 Å². The van der Waals surface area contributed by atoms with Crippen LogP contribution < -0.4 is 10.6 Å². The van der Waals surface area contributed by atoms with E-state index in [9.17, 15) is 0 Å². The summed E-state index contributed by atoms with van der Waals surface area (Å²) in [6.45, 7) is 8.96. The van der Waals surface area contributed by atoms with Crippen molar-refractivity contribution >= 4 is 41.7 Å². The van der Waals surface area contributed by atoms with Gasteiger partial charge >= 0.3 is 0 Å². The van der Waals surface area contributed by atoms with E-state index in [0.717, 1.165) is 44.1 Å². The maximum atomic E-state index is 4.63. The van der Waals surface area contributed by atoms with Gasteiger partial charge in [0.1, 0.15) is 0 Å². The van der Waals surface area contributed by atoms with Crippen molar-refractivity contribution in [1.29, 1.82) is 0 Å². The number of hydrogen-bond acceptors (Lipinski definition) is 3. The van der Waals surface area contributed by atoms with Gasteiger partial charge in [0.2, 0.25) is 0 Å². The van der Waals surface area contributed by atoms with Gasteiger partial charge < -0.3 is 10.6 Å². The first kappa shape index (κ1) is 22.6. The maximum Gasteiger partial charge on any atom is 0.191 e. The number of nitrogens with one attached hydrogen (secondary N) is 2. The fourth-order valence-electron chi connectivity index (χ4n) is 2.38. The Labute approximate surface area is 162 Å². The molecular formula is C16H32IN5S. The van der Waals surface area contributed by atoms with Crippen molar-refractivity contribution in [3.05, 3.63) is 17.0 Å². The first-order valence-electron chi connectivity index (χ1n) is 8.10. The molecule has 0 fully saturated rings. The van der Waals surface area contributed by atoms with Crippen LogP contribution in [-0.2, 0) is 13.5 Å². The number of aromatic nitrogens is 2. The molecule has 23 heavy (non-hydrogen) atoms. The van der Waals surface area contributed by atoms with Gasteiger partial charge in [0, 0.05) is 32.4 Å². The maximum absolute atomic E-state index is 4.63. The van der Waals surface area contributed by atoms with E-state index < -0.39 is 0 Å². The van der Waals surface area contributed by atoms with Gasteiger partial charge in [-0.25, -0.2) is 0 Å². The van der Waals surface area contributed by atoms with E-state index >= 15 is 0 Å². The largest absolute Gasteiger partial charge is 0.357 e. The summed E-state index contributed by atoms with van der Waals surface area (Å²) in [6.07, 6.45) is 5.51. The number of thioether (sulfide) groups is 1. The number of rotatable bonds is 9. The summed E-state index contributed by atoms with van der Waals surface area (Å²) in [5, 5.41) is 11.2. The molecule has 0 aliphatic heterocycles. The highest BCUT2D eigenvalue weighted by Crippen LogP contribution is 2.11. The lowest BCUT2D eigenvalue weighted by Crippen LogP contribution is -2.38. The van der Waals surface area contributed by atoms with Gasteiger partial charge in [-0.2, -0.15) is 16.9 Å². The summed E-state index contributed by atoms with van der Waals surface area (Å²) in [7, 11) is 2.00. The average Bonchev–Trinajstić information content (AvgIpc) is 2.73. The molecule has 0 spiro atoms. The Morgan fingerprint density at radius 1 is 1.26 bits per heavy atom. The van der Waals surface area contributed by atoms with Crippen LogP contribution in [0.25, 0.3) is 0 Å². The summed E-state index contributed by atoms with van der Waals surface area (Å²) in [5.41, 5.74) is 3.71. The second-order valence-corrected chi connectivity index (χ2v) is 6.40. The number of hydrogen-bond donors (Lipinski definition) is 2. The molecule has 0 aliphatic rings. The van der Waals surface area contributed by atoms with E-state index in [0.29, 0.717) is 0 Å². The zero-order valence-corrected chi connectivity index (χ0v) is 18.3. The van der Waals surface area contributed by atoms with E-state index in [4.69, 9.17) is 0 Å². The van der Waals surface area contributed by atoms with E-state index in [2.05, 4.69) is 47.8 Å². The quantitative estimate of drug-likeness (QED) is 0.261. The van der Waals surface area contributed by atoms with Crippen LogP contribution in [0.1, 0.15) is 36.7 Å². The van der Waals surface area contributed by atoms with Crippen molar-refractivity contribution in [2.75, 3.05) is 31.6 Å². The second-order valence-electron chi connectivity index (χ2n) is 5.41. The SMILES string of the molecule is CCNC(=NCCCCSC)NCCc1c(C)nn(C)c1C.I. The zero-order chi connectivity index (χ0) is 16.4. The smallest absolute Gasteiger partial charge is 0.191 e. The van der Waals surface area contributed by atoms with Crippen LogP contribution in [0.5, 0.6) is 0 Å². The first-order chi connectivity index (χ1) is 10.6. The van der Waals surface area contributed by atoms with E-state index in [1.54, 1.807) is 0 Å². The molecule has 134 valence electrons. The van der Waals surface area contributed by atoms with Crippen molar-refractivity contribution in [3.8, 4) is 0 Å². The van der Waals surface area contributed by atoms with E-state index in [1.165, 1.54) is 23.4 Å². The number of unbranched alkanes of at least 4 members (excludes halogenated alkanes) is 1. The number of halogens is 1. The average molecular weight is 453 g/mol. The van der Waals surface area contributed by atoms with Crippen LogP contribution in [0.3, 0.4) is 0 Å². The van der Waals surface area contributed by atoms with Gasteiger partial charge in [-0.1, -0.05) is 0 Å². The molecule has 0 aliphatic carbocycles. The Morgan fingerprint density at radius 2 is 2.00 bits per heavy atom. The van der Waals surface area contributed by atoms with E-state index in [-0.39, 0.29) is 24.0 Å². The predicted octanol–water partition coefficient (Wildman–Crippen LogP) is 2.90. The highest BCUT2D eigenvalue weighted by molar-refractivity contribution is 14.0. The summed E-state index contributed by atoms with van der Waals surface area (Å²) >= 11 is 1.90. The Bertz CT molecular complexity index is 473. The molecule has 0 amide bonds. The standard InChI is InChI=1S/C16H31N5S.HI/c1-6-17-16(18-10-7-8-12-22-5)19-11-9-15-13(2)20-21(4)14(15)3;/h6-12H2,1-5H3,(H2,17,18,19);1H. The molecule has 1 heterocycles. The first-order valence-corrected chi connectivity index (χ1v) is 9.49. The van der Waals surface area contributed by atoms with Crippen molar-refractivity contribution in [3.63, 3.8) is 0 Å². The topological polar surface area (TPSA) is 54.2 Å². The number of aryl methyl sites for hydroxylation is 2. The monoisotopic (exact) mass is 453 g/mol. The Morgan fingerprint density at radius 3 is 2.57 bits per heavy atom. The molecular weight excluding hydrogens is 421 g/mol. The van der Waals surface area contributed by atoms with Gasteiger partial charge in [-0.3, -0.25) is 9.67 Å². The van der Waals surface area contributed by atoms with Gasteiger partial charge in [0.05, 0.1) is 5.69 Å². The normalized spacial score (nSPS) is 11.3. The third-order valence-corrected chi connectivity index (χ3v) is 4.39. The minimum atomic E-state index is 0. The number of aliphatic imine (C=N–C) groups is 1. The zero-order valence-electron chi connectivity index (χ0n) is 15.1. The van der Waals surface area contributed by atoms with Crippen LogP contribution in [0.4, 0.5) is 0 Å². The molecule has 1 rings (SSSR count). The third kappa shape index (κ3) is 8.28. The Hall–Kier alpha value is -0.440. The van der Waals surface area contributed by atoms with Crippen LogP contribution in [0.2, 0.25) is 0 Å². The van der Waals surface area contributed by atoms with E-state index in [1.807, 2.05) is 23.5 Å². The fourth-order valence-corrected chi connectivity index (χ4v) is 2.87. The molecule has 0 bridgehead atoms. The molecule has 0 saturated carbocycles. The van der Waals surface area contributed by atoms with Crippen LogP contribution in [0, 0.1) is 13.8 Å². The summed E-state index contributed by atoms with van der Waals surface area (Å²) in [4.78, 5) is 4.63. The van der Waals surface area contributed by atoms with Gasteiger partial charge in [-0.05, 0) is 57.6 Å². The summed E-state index contributed by atoms with van der Waals surface area (Å²) < 4.78 is 1.95. The van der Waals surface area contributed by atoms with Gasteiger partial charge in [0.25, 0.3) is 0 Å². The van der Waals surface area contributed by atoms with Crippen LogP contribution >= 0.6 is 35.7 Å². The fraction of sp³-hybridized carbons (Fsp3) is 0.750. The van der Waals surface area contributed by atoms with Crippen molar-refractivity contribution in [2.45, 2.75) is 40.0 Å². The predicted molar refractivity (Wildman–Crippen MR) is 113 cm³/mol. The molecule has 5 nitrogen and oxygen atoms in total. The van der Waals surface area contributed by atoms with Gasteiger partial charge in [-0.15, -0.1) is 24.0 Å². The van der Waals surface area contributed by atoms with Gasteiger partial charge in [0.15, 0.2) is 5.96 Å². The molecule has 0 aromatic carbocycles. The molecule has 1 aromatic heterocycles. The molecule has 1 aromatic rings. The van der Waals surface area contributed by atoms with Crippen molar-refractivity contribution in [1.82, 2.24) is 20.4 Å². The lowest BCUT2D eigenvalue weighted by atomic mass is 10.1. The lowest BCUT2D eigenvalue weighted by molar-refractivity contribution is 0.728. The Balaban J connectivity index is 0.00000484. The molecule has 7 heteroatoms. The highest BCUT2D eigenvalue weighted by atomic mass is 127. The van der Waals surface area contributed by atoms with Crippen molar-refractivity contribution in [2.24, 2.45) is 12.0 Å². The minimum Gasteiger partial charge on any atom is -0.357 e. The molecule has 0 atom stereocenters. The third-order valence-electron chi connectivity index (χ3n) is 3.70. The number of nitrogens with zero attached hydrogens (tertiary/aromatic N) is 3. The molecule has 0 saturated heterocycles. The Kier molecular flexibility index (Phi) is 12.7. The molecule has 0 unspecified atom stereocenters.